The highest BCUT2D eigenvalue weighted by Gasteiger charge is 2.15. The van der Waals surface area contributed by atoms with Crippen LogP contribution in [0.2, 0.25) is 0 Å². The summed E-state index contributed by atoms with van der Waals surface area (Å²) in [5, 5.41) is 10.7. The number of pyridine rings is 1. The van der Waals surface area contributed by atoms with Gasteiger partial charge in [0.2, 0.25) is 0 Å². The first kappa shape index (κ1) is 18.0. The van der Waals surface area contributed by atoms with E-state index in [1.807, 2.05) is 72.8 Å². The maximum absolute atomic E-state index is 9.92. The predicted molar refractivity (Wildman–Crippen MR) is 116 cm³/mol. The van der Waals surface area contributed by atoms with Crippen LogP contribution in [0.1, 0.15) is 11.1 Å². The zero-order valence-corrected chi connectivity index (χ0v) is 16.1. The number of nitrogens with zero attached hydrogens (tertiary/aromatic N) is 2. The van der Waals surface area contributed by atoms with Gasteiger partial charge in [-0.05, 0) is 17.2 Å². The van der Waals surface area contributed by atoms with Crippen molar-refractivity contribution in [2.24, 2.45) is 0 Å². The number of hydrogen-bond acceptors (Lipinski definition) is 3. The Balaban J connectivity index is 1.82. The predicted octanol–water partition coefficient (Wildman–Crippen LogP) is 6.58. The minimum absolute atomic E-state index is 0.631. The molecule has 0 aliphatic carbocycles. The number of benzene rings is 3. The summed E-state index contributed by atoms with van der Waals surface area (Å²) in [6.07, 6.45) is 0. The summed E-state index contributed by atoms with van der Waals surface area (Å²) in [7, 11) is 0. The van der Waals surface area contributed by atoms with Gasteiger partial charge in [0.1, 0.15) is 11.1 Å². The third-order valence-corrected chi connectivity index (χ3v) is 5.52. The molecule has 2 nitrogen and oxygen atoms in total. The lowest BCUT2D eigenvalue weighted by Crippen LogP contribution is -1.96. The Bertz CT molecular complexity index is 1100. The van der Waals surface area contributed by atoms with Crippen LogP contribution in [-0.2, 0) is 5.75 Å². The van der Waals surface area contributed by atoms with Gasteiger partial charge in [-0.3, -0.25) is 0 Å². The summed E-state index contributed by atoms with van der Waals surface area (Å²) >= 11 is 1.61. The van der Waals surface area contributed by atoms with Crippen LogP contribution in [0.5, 0.6) is 0 Å². The molecule has 0 atom stereocenters. The van der Waals surface area contributed by atoms with Gasteiger partial charge in [0.05, 0.1) is 11.3 Å². The van der Waals surface area contributed by atoms with Crippen LogP contribution in [0.3, 0.4) is 0 Å². The van der Waals surface area contributed by atoms with Gasteiger partial charge >= 0.3 is 0 Å². The number of aromatic nitrogens is 1. The van der Waals surface area contributed by atoms with Crippen molar-refractivity contribution < 1.29 is 0 Å². The summed E-state index contributed by atoms with van der Waals surface area (Å²) in [5.74, 6) is 0.773. The molecule has 0 saturated carbocycles. The molecular weight excluding hydrogens is 360 g/mol. The van der Waals surface area contributed by atoms with E-state index in [0.717, 1.165) is 33.2 Å². The molecule has 0 fully saturated rings. The molecule has 0 amide bonds. The van der Waals surface area contributed by atoms with Crippen LogP contribution in [0.25, 0.3) is 22.4 Å². The molecule has 0 radical (unpaired) electrons. The Morgan fingerprint density at radius 1 is 0.750 bits per heavy atom. The van der Waals surface area contributed by atoms with Crippen LogP contribution in [0.4, 0.5) is 0 Å². The second kappa shape index (κ2) is 8.56. The van der Waals surface area contributed by atoms with Crippen LogP contribution < -0.4 is 0 Å². The fraction of sp³-hybridized carbons (Fsp3) is 0.0400. The molecule has 3 aromatic carbocycles. The average Bonchev–Trinajstić information content (AvgIpc) is 2.79. The summed E-state index contributed by atoms with van der Waals surface area (Å²) in [5.41, 5.74) is 5.73. The van der Waals surface area contributed by atoms with Crippen molar-refractivity contribution in [3.63, 3.8) is 0 Å². The van der Waals surface area contributed by atoms with E-state index in [1.165, 1.54) is 5.56 Å². The third-order valence-electron chi connectivity index (χ3n) is 4.47. The Kier molecular flexibility index (Phi) is 5.51. The largest absolute Gasteiger partial charge is 0.240 e. The maximum atomic E-state index is 9.92. The first-order valence-electron chi connectivity index (χ1n) is 9.08. The monoisotopic (exact) mass is 378 g/mol. The molecule has 3 heteroatoms. The highest BCUT2D eigenvalue weighted by Crippen LogP contribution is 2.35. The number of hydrogen-bond donors (Lipinski definition) is 0. The zero-order valence-electron chi connectivity index (χ0n) is 15.2. The SMILES string of the molecule is N#Cc1c(-c2ccccc2)cc(-c2ccccc2)nc1SCc1ccccc1. The summed E-state index contributed by atoms with van der Waals surface area (Å²) < 4.78 is 0. The van der Waals surface area contributed by atoms with Gasteiger partial charge in [0.15, 0.2) is 0 Å². The van der Waals surface area contributed by atoms with Crippen LogP contribution >= 0.6 is 11.8 Å². The van der Waals surface area contributed by atoms with E-state index >= 15 is 0 Å². The summed E-state index contributed by atoms with van der Waals surface area (Å²) in [6, 6.07) is 34.9. The van der Waals surface area contributed by atoms with Gasteiger partial charge in [-0.25, -0.2) is 4.98 Å². The van der Waals surface area contributed by atoms with E-state index < -0.39 is 0 Å². The Labute approximate surface area is 169 Å². The van der Waals surface area contributed by atoms with E-state index in [-0.39, 0.29) is 0 Å². The van der Waals surface area contributed by atoms with Crippen LogP contribution in [0.15, 0.2) is 102 Å². The number of nitriles is 1. The molecule has 0 aliphatic rings. The molecule has 1 aromatic heterocycles. The zero-order chi connectivity index (χ0) is 19.2. The lowest BCUT2D eigenvalue weighted by molar-refractivity contribution is 1.12. The van der Waals surface area contributed by atoms with E-state index in [0.29, 0.717) is 5.56 Å². The van der Waals surface area contributed by atoms with Crippen LogP contribution in [0, 0.1) is 11.3 Å². The van der Waals surface area contributed by atoms with Gasteiger partial charge in [-0.1, -0.05) is 91.0 Å². The first-order valence-corrected chi connectivity index (χ1v) is 10.1. The van der Waals surface area contributed by atoms with Gasteiger partial charge in [-0.15, -0.1) is 11.8 Å². The fourth-order valence-corrected chi connectivity index (χ4v) is 4.02. The molecule has 4 aromatic rings. The van der Waals surface area contributed by atoms with Gasteiger partial charge in [0, 0.05) is 16.9 Å². The minimum Gasteiger partial charge on any atom is -0.240 e. The first-order chi connectivity index (χ1) is 13.8. The summed E-state index contributed by atoms with van der Waals surface area (Å²) in [6.45, 7) is 0. The lowest BCUT2D eigenvalue weighted by Gasteiger charge is -2.12. The van der Waals surface area contributed by atoms with Gasteiger partial charge < -0.3 is 0 Å². The molecule has 0 spiro atoms. The molecular formula is C25H18N2S. The number of rotatable bonds is 5. The Hall–Kier alpha value is -3.35. The normalized spacial score (nSPS) is 10.4. The highest BCUT2D eigenvalue weighted by atomic mass is 32.2. The Morgan fingerprint density at radius 3 is 1.93 bits per heavy atom. The second-order valence-corrected chi connectivity index (χ2v) is 7.32. The van der Waals surface area contributed by atoms with Gasteiger partial charge in [0.25, 0.3) is 0 Å². The molecule has 0 saturated heterocycles. The van der Waals surface area contributed by atoms with Crippen molar-refractivity contribution >= 4 is 11.8 Å². The van der Waals surface area contributed by atoms with Crippen molar-refractivity contribution in [2.75, 3.05) is 0 Å². The topological polar surface area (TPSA) is 36.7 Å². The average molecular weight is 379 g/mol. The number of thioether (sulfide) groups is 1. The molecule has 4 rings (SSSR count). The van der Waals surface area contributed by atoms with E-state index in [1.54, 1.807) is 11.8 Å². The maximum Gasteiger partial charge on any atom is 0.115 e. The highest BCUT2D eigenvalue weighted by molar-refractivity contribution is 7.98. The molecule has 1 heterocycles. The summed E-state index contributed by atoms with van der Waals surface area (Å²) in [4.78, 5) is 4.86. The molecule has 0 bridgehead atoms. The second-order valence-electron chi connectivity index (χ2n) is 6.35. The van der Waals surface area contributed by atoms with Crippen molar-refractivity contribution in [2.45, 2.75) is 10.8 Å². The van der Waals surface area contributed by atoms with E-state index in [2.05, 4.69) is 30.3 Å². The van der Waals surface area contributed by atoms with Crippen LogP contribution in [-0.4, -0.2) is 4.98 Å². The lowest BCUT2D eigenvalue weighted by atomic mass is 9.99. The van der Waals surface area contributed by atoms with Crippen molar-refractivity contribution in [3.8, 4) is 28.5 Å². The molecule has 0 N–H and O–H groups in total. The smallest absolute Gasteiger partial charge is 0.115 e. The molecule has 28 heavy (non-hydrogen) atoms. The molecule has 134 valence electrons. The minimum atomic E-state index is 0.631. The van der Waals surface area contributed by atoms with Gasteiger partial charge in [-0.2, -0.15) is 5.26 Å². The van der Waals surface area contributed by atoms with Crippen molar-refractivity contribution in [1.82, 2.24) is 4.98 Å². The van der Waals surface area contributed by atoms with Crippen molar-refractivity contribution in [3.05, 3.63) is 108 Å². The van der Waals surface area contributed by atoms with E-state index in [4.69, 9.17) is 4.98 Å². The van der Waals surface area contributed by atoms with E-state index in [9.17, 15) is 5.26 Å². The fourth-order valence-electron chi connectivity index (χ4n) is 3.06. The molecule has 0 unspecified atom stereocenters. The van der Waals surface area contributed by atoms with Crippen molar-refractivity contribution in [1.29, 1.82) is 5.26 Å². The third kappa shape index (κ3) is 3.98. The standard InChI is InChI=1S/C25H18N2S/c26-17-23-22(20-12-6-2-7-13-20)16-24(21-14-8-3-9-15-21)27-25(23)28-18-19-10-4-1-5-11-19/h1-16H,18H2. The Morgan fingerprint density at radius 2 is 1.32 bits per heavy atom. The molecule has 0 aliphatic heterocycles. The quantitative estimate of drug-likeness (QED) is 0.368.